The van der Waals surface area contributed by atoms with Gasteiger partial charge in [-0.05, 0) is 47.9 Å². The van der Waals surface area contributed by atoms with Crippen LogP contribution >= 0.6 is 34.8 Å². The van der Waals surface area contributed by atoms with Crippen molar-refractivity contribution in [2.24, 2.45) is 0 Å². The van der Waals surface area contributed by atoms with Gasteiger partial charge in [-0.1, -0.05) is 77.3 Å². The van der Waals surface area contributed by atoms with Crippen molar-refractivity contribution in [2.45, 2.75) is 31.8 Å². The molecule has 11 heteroatoms. The highest BCUT2D eigenvalue weighted by molar-refractivity contribution is 7.92. The Kier molecular flexibility index (Phi) is 11.1. The van der Waals surface area contributed by atoms with Crippen LogP contribution < -0.4 is 9.62 Å². The van der Waals surface area contributed by atoms with Gasteiger partial charge in [-0.25, -0.2) is 8.42 Å². The Hall–Kier alpha value is -2.78. The zero-order valence-electron chi connectivity index (χ0n) is 21.6. The van der Waals surface area contributed by atoms with Gasteiger partial charge in [0.2, 0.25) is 21.8 Å². The monoisotopic (exact) mass is 609 g/mol. The van der Waals surface area contributed by atoms with Crippen LogP contribution in [-0.2, 0) is 32.6 Å². The number of nitrogens with zero attached hydrogens (tertiary/aromatic N) is 2. The van der Waals surface area contributed by atoms with Gasteiger partial charge in [-0.3, -0.25) is 13.9 Å². The summed E-state index contributed by atoms with van der Waals surface area (Å²) in [6.45, 7) is 0.180. The second-order valence-corrected chi connectivity index (χ2v) is 12.2. The number of carbonyl (C=O) groups is 2. The van der Waals surface area contributed by atoms with Gasteiger partial charge in [0.25, 0.3) is 0 Å². The van der Waals surface area contributed by atoms with Crippen molar-refractivity contribution >= 4 is 62.3 Å². The lowest BCUT2D eigenvalue weighted by atomic mass is 10.0. The van der Waals surface area contributed by atoms with Crippen molar-refractivity contribution in [3.63, 3.8) is 0 Å². The largest absolute Gasteiger partial charge is 0.357 e. The SMILES string of the molecule is CNC(=O)[C@H](Cc1ccccc1)N(Cc1ccc(Cl)cc1)C(=O)CCCN(c1cc(Cl)ccc1Cl)S(C)(=O)=O. The summed E-state index contributed by atoms with van der Waals surface area (Å²) in [6, 6.07) is 20.3. The smallest absolute Gasteiger partial charge is 0.242 e. The first-order valence-electron chi connectivity index (χ1n) is 12.2. The molecule has 0 radical (unpaired) electrons. The number of carbonyl (C=O) groups excluding carboxylic acids is 2. The number of hydrogen-bond acceptors (Lipinski definition) is 4. The lowest BCUT2D eigenvalue weighted by Crippen LogP contribution is -2.49. The van der Waals surface area contributed by atoms with Crippen LogP contribution in [0.1, 0.15) is 24.0 Å². The maximum Gasteiger partial charge on any atom is 0.242 e. The molecule has 3 rings (SSSR count). The normalized spacial score (nSPS) is 12.0. The van der Waals surface area contributed by atoms with E-state index in [1.54, 1.807) is 30.3 Å². The summed E-state index contributed by atoms with van der Waals surface area (Å²) in [5.74, 6) is -0.593. The highest BCUT2D eigenvalue weighted by Gasteiger charge is 2.30. The standard InChI is InChI=1S/C28H30Cl3N3O4S/c1-32-28(36)26(17-20-7-4-3-5-8-20)33(19-21-10-12-22(29)13-11-21)27(35)9-6-16-34(39(2,37)38)25-18-23(30)14-15-24(25)31/h3-5,7-8,10-15,18,26H,6,9,16-17,19H2,1-2H3,(H,32,36)/t26-/m0/s1. The molecule has 0 heterocycles. The van der Waals surface area contributed by atoms with Gasteiger partial charge in [0.05, 0.1) is 17.0 Å². The van der Waals surface area contributed by atoms with Crippen molar-refractivity contribution in [3.8, 4) is 0 Å². The molecule has 0 unspecified atom stereocenters. The number of sulfonamides is 1. The molecule has 0 spiro atoms. The fraction of sp³-hybridized carbons (Fsp3) is 0.286. The third-order valence-electron chi connectivity index (χ3n) is 6.11. The topological polar surface area (TPSA) is 86.8 Å². The first-order chi connectivity index (χ1) is 18.5. The van der Waals surface area contributed by atoms with E-state index in [9.17, 15) is 18.0 Å². The van der Waals surface area contributed by atoms with Crippen LogP contribution in [0.3, 0.4) is 0 Å². The van der Waals surface area contributed by atoms with E-state index in [1.807, 2.05) is 30.3 Å². The zero-order valence-corrected chi connectivity index (χ0v) is 24.7. The molecule has 208 valence electrons. The molecule has 2 amide bonds. The summed E-state index contributed by atoms with van der Waals surface area (Å²) in [4.78, 5) is 28.2. The van der Waals surface area contributed by atoms with E-state index < -0.39 is 16.1 Å². The van der Waals surface area contributed by atoms with Crippen molar-refractivity contribution < 1.29 is 18.0 Å². The van der Waals surface area contributed by atoms with E-state index in [0.717, 1.165) is 21.7 Å². The van der Waals surface area contributed by atoms with Crippen molar-refractivity contribution in [1.29, 1.82) is 0 Å². The first-order valence-corrected chi connectivity index (χ1v) is 15.2. The molecule has 1 atom stereocenters. The molecule has 3 aromatic carbocycles. The van der Waals surface area contributed by atoms with Crippen LogP contribution in [0.4, 0.5) is 5.69 Å². The van der Waals surface area contributed by atoms with Gasteiger partial charge in [-0.15, -0.1) is 0 Å². The van der Waals surface area contributed by atoms with Crippen LogP contribution in [0.15, 0.2) is 72.8 Å². The van der Waals surface area contributed by atoms with Gasteiger partial charge in [-0.2, -0.15) is 0 Å². The molecule has 1 N–H and O–H groups in total. The molecular weight excluding hydrogens is 581 g/mol. The van der Waals surface area contributed by atoms with Crippen LogP contribution in [0.25, 0.3) is 0 Å². The Bertz CT molecular complexity index is 1390. The maximum absolute atomic E-state index is 13.7. The third kappa shape index (κ3) is 8.86. The van der Waals surface area contributed by atoms with Crippen molar-refractivity contribution in [1.82, 2.24) is 10.2 Å². The summed E-state index contributed by atoms with van der Waals surface area (Å²) in [6.07, 6.45) is 1.57. The van der Waals surface area contributed by atoms with Crippen LogP contribution in [0.2, 0.25) is 15.1 Å². The number of rotatable bonds is 12. The van der Waals surface area contributed by atoms with Gasteiger partial charge in [0.1, 0.15) is 6.04 Å². The number of nitrogens with one attached hydrogen (secondary N) is 1. The van der Waals surface area contributed by atoms with E-state index in [2.05, 4.69) is 5.32 Å². The fourth-order valence-corrected chi connectivity index (χ4v) is 5.70. The number of halogens is 3. The van der Waals surface area contributed by atoms with Gasteiger partial charge >= 0.3 is 0 Å². The molecule has 0 aliphatic heterocycles. The van der Waals surface area contributed by atoms with E-state index in [0.29, 0.717) is 16.5 Å². The molecule has 0 saturated carbocycles. The molecule has 0 aliphatic rings. The van der Waals surface area contributed by atoms with E-state index >= 15 is 0 Å². The van der Waals surface area contributed by atoms with Crippen molar-refractivity contribution in [3.05, 3.63) is 99.0 Å². The second-order valence-electron chi connectivity index (χ2n) is 9.00. The summed E-state index contributed by atoms with van der Waals surface area (Å²) < 4.78 is 26.3. The van der Waals surface area contributed by atoms with E-state index in [-0.39, 0.29) is 48.5 Å². The molecule has 39 heavy (non-hydrogen) atoms. The second kappa shape index (κ2) is 14.0. The van der Waals surface area contributed by atoms with Gasteiger partial charge < -0.3 is 10.2 Å². The van der Waals surface area contributed by atoms with E-state index in [1.165, 1.54) is 24.1 Å². The summed E-state index contributed by atoms with van der Waals surface area (Å²) in [5, 5.41) is 3.79. The maximum atomic E-state index is 13.7. The molecule has 0 bridgehead atoms. The minimum Gasteiger partial charge on any atom is -0.357 e. The first kappa shape index (κ1) is 30.8. The molecular formula is C28H30Cl3N3O4S. The Morgan fingerprint density at radius 2 is 1.54 bits per heavy atom. The Labute approximate surface area is 244 Å². The van der Waals surface area contributed by atoms with Gasteiger partial charge in [0, 0.05) is 43.0 Å². The predicted molar refractivity (Wildman–Crippen MR) is 158 cm³/mol. The molecule has 0 saturated heterocycles. The molecule has 0 aromatic heterocycles. The Morgan fingerprint density at radius 3 is 2.15 bits per heavy atom. The average molecular weight is 611 g/mol. The molecule has 7 nitrogen and oxygen atoms in total. The molecule has 0 aliphatic carbocycles. The predicted octanol–water partition coefficient (Wildman–Crippen LogP) is 5.58. The number of anilines is 1. The van der Waals surface area contributed by atoms with Crippen LogP contribution in [0, 0.1) is 0 Å². The van der Waals surface area contributed by atoms with E-state index in [4.69, 9.17) is 34.8 Å². The lowest BCUT2D eigenvalue weighted by molar-refractivity contribution is -0.141. The number of amides is 2. The Balaban J connectivity index is 1.86. The highest BCUT2D eigenvalue weighted by atomic mass is 35.5. The summed E-state index contributed by atoms with van der Waals surface area (Å²) in [5.41, 5.74) is 1.95. The van der Waals surface area contributed by atoms with Crippen LogP contribution in [0.5, 0.6) is 0 Å². The Morgan fingerprint density at radius 1 is 0.897 bits per heavy atom. The quantitative estimate of drug-likeness (QED) is 0.290. The minimum absolute atomic E-state index is 0.0000779. The molecule has 0 fully saturated rings. The number of benzene rings is 3. The molecule has 3 aromatic rings. The van der Waals surface area contributed by atoms with Gasteiger partial charge in [0.15, 0.2) is 0 Å². The number of likely N-dealkylation sites (N-methyl/N-ethyl adjacent to an activating group) is 1. The summed E-state index contributed by atoms with van der Waals surface area (Å²) in [7, 11) is -2.18. The number of hydrogen-bond donors (Lipinski definition) is 1. The highest BCUT2D eigenvalue weighted by Crippen LogP contribution is 2.31. The average Bonchev–Trinajstić information content (AvgIpc) is 2.90. The zero-order chi connectivity index (χ0) is 28.6. The summed E-state index contributed by atoms with van der Waals surface area (Å²) >= 11 is 18.4. The van der Waals surface area contributed by atoms with Crippen molar-refractivity contribution in [2.75, 3.05) is 24.2 Å². The third-order valence-corrected chi connectivity index (χ3v) is 8.10. The minimum atomic E-state index is -3.71. The fourth-order valence-electron chi connectivity index (χ4n) is 4.17. The van der Waals surface area contributed by atoms with Crippen LogP contribution in [-0.4, -0.2) is 51.0 Å². The lowest BCUT2D eigenvalue weighted by Gasteiger charge is -2.31.